The summed E-state index contributed by atoms with van der Waals surface area (Å²) < 4.78 is 181. The van der Waals surface area contributed by atoms with Gasteiger partial charge in [-0.05, 0) is 25.3 Å². The van der Waals surface area contributed by atoms with Crippen molar-refractivity contribution in [3.05, 3.63) is 35.9 Å². The van der Waals surface area contributed by atoms with E-state index in [0.717, 1.165) is 6.92 Å². The second kappa shape index (κ2) is 16.7. The van der Waals surface area contributed by atoms with Crippen molar-refractivity contribution in [3.63, 3.8) is 0 Å². The Morgan fingerprint density at radius 1 is 0.711 bits per heavy atom. The third-order valence-electron chi connectivity index (χ3n) is 6.30. The molecule has 1 aromatic carbocycles. The second-order valence-electron chi connectivity index (χ2n) is 9.50. The Bertz CT molecular complexity index is 1040. The number of ether oxygens (including phenoxy) is 2. The number of hydrogen-bond donors (Lipinski definition) is 0. The highest BCUT2D eigenvalue weighted by Gasteiger charge is 2.90. The molecule has 2 unspecified atom stereocenters. The van der Waals surface area contributed by atoms with Crippen LogP contribution in [0.15, 0.2) is 30.3 Å². The Kier molecular flexibility index (Phi) is 18.2. The fourth-order valence-electron chi connectivity index (χ4n) is 3.41. The molecule has 1 rings (SSSR count). The van der Waals surface area contributed by atoms with Crippen LogP contribution in [0, 0.1) is 11.3 Å². The fourth-order valence-corrected chi connectivity index (χ4v) is 3.41. The smallest absolute Gasteiger partial charge is 0.460 e. The van der Waals surface area contributed by atoms with Gasteiger partial charge in [0.05, 0.1) is 24.4 Å². The monoisotopic (exact) mass is 688 g/mol. The van der Waals surface area contributed by atoms with Gasteiger partial charge in [0.2, 0.25) is 0 Å². The summed E-state index contributed by atoms with van der Waals surface area (Å²) in [5.41, 5.74) is -0.739. The maximum absolute atomic E-state index is 13.9. The van der Waals surface area contributed by atoms with Crippen molar-refractivity contribution in [3.8, 4) is 0 Å². The molecule has 17 heteroatoms. The SMILES string of the molecule is C.C.C.C.CCC(C)(CC(C)C(=O)OCCC(F)(F)C(F)(F)C(F)(F)C(F)(F)C(F)(F)C(F)(F)F)C(=O)OCc1ccccc1. The highest BCUT2D eigenvalue weighted by Crippen LogP contribution is 2.60. The van der Waals surface area contributed by atoms with Gasteiger partial charge in [0.1, 0.15) is 6.61 Å². The topological polar surface area (TPSA) is 52.6 Å². The molecule has 4 nitrogen and oxygen atoms in total. The van der Waals surface area contributed by atoms with E-state index in [1.165, 1.54) is 13.8 Å². The number of carbonyl (C=O) groups is 2. The van der Waals surface area contributed by atoms with E-state index >= 15 is 0 Å². The number of hydrogen-bond acceptors (Lipinski definition) is 4. The number of benzene rings is 1. The molecule has 1 aromatic rings. The first kappa shape index (κ1) is 49.1. The highest BCUT2D eigenvalue weighted by atomic mass is 19.4. The Hall–Kier alpha value is -2.75. The minimum atomic E-state index is -8.00. The van der Waals surface area contributed by atoms with Gasteiger partial charge < -0.3 is 9.47 Å². The molecule has 0 fully saturated rings. The minimum absolute atomic E-state index is 0. The average Bonchev–Trinajstić information content (AvgIpc) is 2.86. The first-order valence-corrected chi connectivity index (χ1v) is 11.7. The van der Waals surface area contributed by atoms with Gasteiger partial charge in [-0.25, -0.2) is 0 Å². The van der Waals surface area contributed by atoms with E-state index in [0.29, 0.717) is 5.56 Å². The molecule has 45 heavy (non-hydrogen) atoms. The Labute approximate surface area is 254 Å². The van der Waals surface area contributed by atoms with Crippen LogP contribution in [0.3, 0.4) is 0 Å². The van der Waals surface area contributed by atoms with Crippen LogP contribution in [0.1, 0.15) is 75.3 Å². The van der Waals surface area contributed by atoms with E-state index in [4.69, 9.17) is 4.74 Å². The van der Waals surface area contributed by atoms with Crippen molar-refractivity contribution in [1.29, 1.82) is 0 Å². The fraction of sp³-hybridized carbons (Fsp3) is 0.714. The van der Waals surface area contributed by atoms with E-state index < -0.39 is 72.1 Å². The molecule has 0 N–H and O–H groups in total. The minimum Gasteiger partial charge on any atom is -0.465 e. The van der Waals surface area contributed by atoms with Gasteiger partial charge in [-0.15, -0.1) is 0 Å². The zero-order chi connectivity index (χ0) is 32.3. The molecule has 2 atom stereocenters. The van der Waals surface area contributed by atoms with Gasteiger partial charge in [0.15, 0.2) is 0 Å². The van der Waals surface area contributed by atoms with Crippen molar-refractivity contribution >= 4 is 11.9 Å². The van der Waals surface area contributed by atoms with Crippen molar-refractivity contribution in [1.82, 2.24) is 0 Å². The number of rotatable bonds is 14. The van der Waals surface area contributed by atoms with Gasteiger partial charge in [0, 0.05) is 0 Å². The first-order chi connectivity index (χ1) is 18.3. The summed E-state index contributed by atoms with van der Waals surface area (Å²) in [4.78, 5) is 24.8. The van der Waals surface area contributed by atoms with Gasteiger partial charge in [-0.1, -0.05) is 73.9 Å². The molecular formula is C28H41F13O4. The third-order valence-corrected chi connectivity index (χ3v) is 6.30. The average molecular weight is 689 g/mol. The van der Waals surface area contributed by atoms with Crippen LogP contribution in [0.2, 0.25) is 0 Å². The Balaban J connectivity index is -0.00000210. The molecule has 0 saturated heterocycles. The van der Waals surface area contributed by atoms with Crippen LogP contribution in [0.5, 0.6) is 0 Å². The lowest BCUT2D eigenvalue weighted by Gasteiger charge is -2.39. The molecule has 0 saturated carbocycles. The maximum atomic E-state index is 13.9. The number of esters is 2. The van der Waals surface area contributed by atoms with Crippen LogP contribution in [-0.2, 0) is 25.7 Å². The van der Waals surface area contributed by atoms with Gasteiger partial charge >= 0.3 is 47.7 Å². The van der Waals surface area contributed by atoms with E-state index in [-0.39, 0.29) is 49.2 Å². The molecule has 0 aliphatic heterocycles. The molecule has 0 amide bonds. The summed E-state index contributed by atoms with van der Waals surface area (Å²) in [6.45, 7) is 2.02. The number of alkyl halides is 13. The van der Waals surface area contributed by atoms with Gasteiger partial charge in [0.25, 0.3) is 0 Å². The highest BCUT2D eigenvalue weighted by molar-refractivity contribution is 5.78. The summed E-state index contributed by atoms with van der Waals surface area (Å²) in [7, 11) is 0. The van der Waals surface area contributed by atoms with Crippen LogP contribution >= 0.6 is 0 Å². The zero-order valence-electron chi connectivity index (χ0n) is 21.5. The van der Waals surface area contributed by atoms with E-state index in [9.17, 15) is 66.7 Å². The lowest BCUT2D eigenvalue weighted by Crippen LogP contribution is -2.70. The molecule has 0 heterocycles. The quantitative estimate of drug-likeness (QED) is 0.144. The van der Waals surface area contributed by atoms with E-state index in [1.54, 1.807) is 30.3 Å². The van der Waals surface area contributed by atoms with Crippen molar-refractivity contribution in [2.75, 3.05) is 6.61 Å². The molecular weight excluding hydrogens is 647 g/mol. The predicted octanol–water partition coefficient (Wildman–Crippen LogP) is 10.4. The second-order valence-corrected chi connectivity index (χ2v) is 9.50. The molecule has 0 spiro atoms. The maximum Gasteiger partial charge on any atom is 0.460 e. The summed E-state index contributed by atoms with van der Waals surface area (Å²) in [6, 6.07) is 8.34. The molecule has 0 radical (unpaired) electrons. The zero-order valence-corrected chi connectivity index (χ0v) is 21.5. The molecule has 0 aromatic heterocycles. The Morgan fingerprint density at radius 3 is 1.58 bits per heavy atom. The number of carbonyl (C=O) groups excluding carboxylic acids is 2. The first-order valence-electron chi connectivity index (χ1n) is 11.7. The summed E-state index contributed by atoms with van der Waals surface area (Å²) >= 11 is 0. The van der Waals surface area contributed by atoms with Crippen molar-refractivity contribution < 1.29 is 76.1 Å². The van der Waals surface area contributed by atoms with Gasteiger partial charge in [-0.2, -0.15) is 57.1 Å². The summed E-state index contributed by atoms with van der Waals surface area (Å²) in [5.74, 6) is -41.1. The molecule has 268 valence electrons. The summed E-state index contributed by atoms with van der Waals surface area (Å²) in [6.07, 6.45) is -10.4. The Morgan fingerprint density at radius 2 is 1.16 bits per heavy atom. The van der Waals surface area contributed by atoms with Crippen LogP contribution in [-0.4, -0.2) is 54.3 Å². The standard InChI is InChI=1S/C24H25F13O4.4CH4/c1-4-18(3,17(39)41-13-15-8-6-5-7-9-15)12-14(2)16(38)40-11-10-19(25,26)20(27,28)21(29,30)22(31,32)23(33,34)24(35,36)37;;;;/h5-9,14H,4,10-13H2,1-3H3;4*1H4. The van der Waals surface area contributed by atoms with Crippen LogP contribution < -0.4 is 0 Å². The third kappa shape index (κ3) is 9.87. The lowest BCUT2D eigenvalue weighted by molar-refractivity contribution is -0.440. The summed E-state index contributed by atoms with van der Waals surface area (Å²) in [5, 5.41) is 0. The number of halogens is 13. The normalized spacial score (nSPS) is 14.7. The van der Waals surface area contributed by atoms with E-state index in [1.807, 2.05) is 0 Å². The van der Waals surface area contributed by atoms with Gasteiger partial charge in [-0.3, -0.25) is 9.59 Å². The molecule has 0 bridgehead atoms. The predicted molar refractivity (Wildman–Crippen MR) is 142 cm³/mol. The largest absolute Gasteiger partial charge is 0.465 e. The molecule has 0 aliphatic rings. The van der Waals surface area contributed by atoms with Crippen molar-refractivity contribution in [2.24, 2.45) is 11.3 Å². The van der Waals surface area contributed by atoms with Crippen molar-refractivity contribution in [2.45, 2.75) is 112 Å². The molecule has 0 aliphatic carbocycles. The van der Waals surface area contributed by atoms with Crippen LogP contribution in [0.4, 0.5) is 57.1 Å². The van der Waals surface area contributed by atoms with E-state index in [2.05, 4.69) is 4.74 Å². The van der Waals surface area contributed by atoms with Crippen LogP contribution in [0.25, 0.3) is 0 Å². The lowest BCUT2D eigenvalue weighted by atomic mass is 9.79.